The van der Waals surface area contributed by atoms with Crippen LogP contribution in [0.25, 0.3) is 0 Å². The molecular formula is C19H23NO6. The highest BCUT2D eigenvalue weighted by molar-refractivity contribution is 5.85. The average Bonchev–Trinajstić information content (AvgIpc) is 2.66. The van der Waals surface area contributed by atoms with Crippen LogP contribution in [-0.4, -0.2) is 49.1 Å². The molecule has 26 heavy (non-hydrogen) atoms. The summed E-state index contributed by atoms with van der Waals surface area (Å²) in [5.74, 6) is -0.442. The van der Waals surface area contributed by atoms with Gasteiger partial charge in [0.25, 0.3) is 0 Å². The van der Waals surface area contributed by atoms with Gasteiger partial charge in [0, 0.05) is 6.92 Å². The number of allylic oxidation sites excluding steroid dienone is 1. The third kappa shape index (κ3) is 3.87. The van der Waals surface area contributed by atoms with Crippen molar-refractivity contribution in [1.29, 1.82) is 0 Å². The van der Waals surface area contributed by atoms with E-state index in [9.17, 15) is 14.4 Å². The molecule has 140 valence electrons. The van der Waals surface area contributed by atoms with E-state index in [0.717, 1.165) is 5.56 Å². The first kappa shape index (κ1) is 19.5. The number of hydrogen-bond acceptors (Lipinski definition) is 6. The molecule has 0 aliphatic carbocycles. The second kappa shape index (κ2) is 8.51. The molecule has 0 spiro atoms. The summed E-state index contributed by atoms with van der Waals surface area (Å²) in [4.78, 5) is 37.3. The molecule has 1 fully saturated rings. The molecule has 2 atom stereocenters. The van der Waals surface area contributed by atoms with Gasteiger partial charge in [0.2, 0.25) is 6.41 Å². The largest absolute Gasteiger partial charge is 0.497 e. The fraction of sp³-hybridized carbons (Fsp3) is 0.421. The molecule has 1 aromatic carbocycles. The molecule has 0 N–H and O–H groups in total. The number of nitrogens with zero attached hydrogens (tertiary/aromatic N) is 1. The Kier molecular flexibility index (Phi) is 6.38. The predicted molar refractivity (Wildman–Crippen MR) is 93.4 cm³/mol. The van der Waals surface area contributed by atoms with E-state index >= 15 is 0 Å². The van der Waals surface area contributed by atoms with Gasteiger partial charge in [-0.2, -0.15) is 0 Å². The van der Waals surface area contributed by atoms with Gasteiger partial charge in [0.15, 0.2) is 5.54 Å². The molecule has 2 rings (SSSR count). The summed E-state index contributed by atoms with van der Waals surface area (Å²) in [5, 5.41) is 0. The van der Waals surface area contributed by atoms with Crippen molar-refractivity contribution in [1.82, 2.24) is 4.90 Å². The second-order valence-electron chi connectivity index (χ2n) is 6.04. The predicted octanol–water partition coefficient (Wildman–Crippen LogP) is 2.02. The molecule has 0 aromatic heterocycles. The third-order valence-electron chi connectivity index (χ3n) is 4.47. The van der Waals surface area contributed by atoms with E-state index in [-0.39, 0.29) is 19.6 Å². The van der Waals surface area contributed by atoms with Gasteiger partial charge in [-0.1, -0.05) is 18.2 Å². The van der Waals surface area contributed by atoms with Crippen molar-refractivity contribution in [3.8, 4) is 5.75 Å². The minimum absolute atomic E-state index is 0.0276. The van der Waals surface area contributed by atoms with Crippen LogP contribution >= 0.6 is 0 Å². The van der Waals surface area contributed by atoms with Gasteiger partial charge in [-0.05, 0) is 30.5 Å². The molecule has 1 aliphatic rings. The van der Waals surface area contributed by atoms with Gasteiger partial charge in [0.1, 0.15) is 19.0 Å². The van der Waals surface area contributed by atoms with Crippen LogP contribution in [0.1, 0.15) is 31.4 Å². The summed E-state index contributed by atoms with van der Waals surface area (Å²) in [7, 11) is 1.56. The third-order valence-corrected chi connectivity index (χ3v) is 4.47. The molecule has 0 radical (unpaired) electrons. The van der Waals surface area contributed by atoms with Gasteiger partial charge in [0.05, 0.1) is 13.2 Å². The normalized spacial score (nSPS) is 22.3. The molecule has 1 saturated heterocycles. The van der Waals surface area contributed by atoms with Gasteiger partial charge in [-0.25, -0.2) is 4.79 Å². The topological polar surface area (TPSA) is 82.1 Å². The van der Waals surface area contributed by atoms with Gasteiger partial charge < -0.3 is 19.1 Å². The van der Waals surface area contributed by atoms with Gasteiger partial charge in [-0.3, -0.25) is 9.59 Å². The number of morpholine rings is 1. The van der Waals surface area contributed by atoms with Crippen molar-refractivity contribution in [2.75, 3.05) is 20.3 Å². The maximum absolute atomic E-state index is 12.6. The highest BCUT2D eigenvalue weighted by Crippen LogP contribution is 2.37. The fourth-order valence-corrected chi connectivity index (χ4v) is 3.03. The lowest BCUT2D eigenvalue weighted by Gasteiger charge is -2.46. The first-order valence-corrected chi connectivity index (χ1v) is 8.27. The molecule has 7 nitrogen and oxygen atoms in total. The lowest BCUT2D eigenvalue weighted by Crippen LogP contribution is -2.63. The summed E-state index contributed by atoms with van der Waals surface area (Å²) >= 11 is 0. The number of ether oxygens (including phenoxy) is 3. The van der Waals surface area contributed by atoms with Crippen molar-refractivity contribution in [2.24, 2.45) is 0 Å². The zero-order valence-corrected chi connectivity index (χ0v) is 15.0. The number of amides is 1. The van der Waals surface area contributed by atoms with Crippen molar-refractivity contribution in [3.63, 3.8) is 0 Å². The summed E-state index contributed by atoms with van der Waals surface area (Å²) in [6.07, 6.45) is 2.95. The Bertz CT molecular complexity index is 671. The SMILES string of the molecule is C=CCC[C@@]1(COC(C)=O)C(=O)OC[C@@H](c2ccc(OC)cc2)N1C=O. The van der Waals surface area contributed by atoms with E-state index in [2.05, 4.69) is 6.58 Å². The molecule has 0 bridgehead atoms. The molecular weight excluding hydrogens is 338 g/mol. The van der Waals surface area contributed by atoms with Crippen LogP contribution in [0.5, 0.6) is 5.75 Å². The monoisotopic (exact) mass is 361 g/mol. The standard InChI is InChI=1S/C19H23NO6/c1-4-5-10-19(12-26-14(2)22)18(23)25-11-17(20(19)13-21)15-6-8-16(24-3)9-7-15/h4,6-9,13,17H,1,5,10-12H2,2-3H3/t17-,19+/m0/s1. The zero-order chi connectivity index (χ0) is 19.2. The highest BCUT2D eigenvalue weighted by atomic mass is 16.6. The molecule has 0 saturated carbocycles. The van der Waals surface area contributed by atoms with E-state index in [4.69, 9.17) is 14.2 Å². The number of esters is 2. The van der Waals surface area contributed by atoms with E-state index in [1.165, 1.54) is 11.8 Å². The van der Waals surface area contributed by atoms with Crippen LogP contribution in [0, 0.1) is 0 Å². The molecule has 1 heterocycles. The number of rotatable bonds is 8. The van der Waals surface area contributed by atoms with Crippen molar-refractivity contribution < 1.29 is 28.6 Å². The maximum Gasteiger partial charge on any atom is 0.335 e. The Morgan fingerprint density at radius 1 is 1.42 bits per heavy atom. The summed E-state index contributed by atoms with van der Waals surface area (Å²) in [5.41, 5.74) is -0.596. The van der Waals surface area contributed by atoms with Gasteiger partial charge >= 0.3 is 11.9 Å². The number of hydrogen-bond donors (Lipinski definition) is 0. The van der Waals surface area contributed by atoms with Crippen LogP contribution < -0.4 is 4.74 Å². The molecule has 7 heteroatoms. The Hall–Kier alpha value is -2.83. The smallest absolute Gasteiger partial charge is 0.335 e. The zero-order valence-electron chi connectivity index (χ0n) is 15.0. The van der Waals surface area contributed by atoms with Gasteiger partial charge in [-0.15, -0.1) is 6.58 Å². The second-order valence-corrected chi connectivity index (χ2v) is 6.04. The number of carbonyl (C=O) groups is 3. The fourth-order valence-electron chi connectivity index (χ4n) is 3.03. The minimum atomic E-state index is -1.38. The number of methoxy groups -OCH3 is 1. The summed E-state index contributed by atoms with van der Waals surface area (Å²) < 4.78 is 15.6. The van der Waals surface area contributed by atoms with E-state index in [1.807, 2.05) is 12.1 Å². The molecule has 1 amide bonds. The lowest BCUT2D eigenvalue weighted by molar-refractivity contribution is -0.186. The van der Waals surface area contributed by atoms with Crippen LogP contribution in [-0.2, 0) is 23.9 Å². The average molecular weight is 361 g/mol. The van der Waals surface area contributed by atoms with Crippen molar-refractivity contribution >= 4 is 18.3 Å². The van der Waals surface area contributed by atoms with Crippen LogP contribution in [0.2, 0.25) is 0 Å². The van der Waals surface area contributed by atoms with E-state index in [1.54, 1.807) is 25.3 Å². The van der Waals surface area contributed by atoms with E-state index in [0.29, 0.717) is 18.6 Å². The van der Waals surface area contributed by atoms with E-state index < -0.39 is 23.5 Å². The number of cyclic esters (lactones) is 1. The Morgan fingerprint density at radius 2 is 2.12 bits per heavy atom. The Balaban J connectivity index is 2.41. The van der Waals surface area contributed by atoms with Crippen molar-refractivity contribution in [3.05, 3.63) is 42.5 Å². The van der Waals surface area contributed by atoms with Crippen LogP contribution in [0.15, 0.2) is 36.9 Å². The number of benzene rings is 1. The number of carbonyl (C=O) groups excluding carboxylic acids is 3. The minimum Gasteiger partial charge on any atom is -0.497 e. The first-order chi connectivity index (χ1) is 12.5. The summed E-state index contributed by atoms with van der Waals surface area (Å²) in [6, 6.07) is 6.67. The first-order valence-electron chi connectivity index (χ1n) is 8.27. The maximum atomic E-state index is 12.6. The Morgan fingerprint density at radius 3 is 2.65 bits per heavy atom. The van der Waals surface area contributed by atoms with Crippen LogP contribution in [0.3, 0.4) is 0 Å². The van der Waals surface area contributed by atoms with Crippen molar-refractivity contribution in [2.45, 2.75) is 31.3 Å². The molecule has 1 aliphatic heterocycles. The Labute approximate surface area is 152 Å². The highest BCUT2D eigenvalue weighted by Gasteiger charge is 2.52. The quantitative estimate of drug-likeness (QED) is 0.400. The molecule has 1 aromatic rings. The van der Waals surface area contributed by atoms with Crippen LogP contribution in [0.4, 0.5) is 0 Å². The molecule has 0 unspecified atom stereocenters. The summed E-state index contributed by atoms with van der Waals surface area (Å²) in [6.45, 7) is 4.68. The lowest BCUT2D eigenvalue weighted by atomic mass is 9.87.